The van der Waals surface area contributed by atoms with Gasteiger partial charge in [-0.1, -0.05) is 133 Å². The highest BCUT2D eigenvalue weighted by Gasteiger charge is 2.21. The molecule has 0 bridgehead atoms. The minimum Gasteiger partial charge on any atom is -0.456 e. The molecule has 0 atom stereocenters. The molecule has 242 valence electrons. The molecule has 0 saturated heterocycles. The van der Waals surface area contributed by atoms with E-state index in [1.54, 1.807) is 0 Å². The summed E-state index contributed by atoms with van der Waals surface area (Å²) in [4.78, 5) is 15.5. The molecule has 8 aromatic carbocycles. The van der Waals surface area contributed by atoms with Crippen molar-refractivity contribution in [2.45, 2.75) is 0 Å². The molecule has 0 saturated carbocycles. The Balaban J connectivity index is 1.17. The van der Waals surface area contributed by atoms with Gasteiger partial charge in [0.1, 0.15) is 22.3 Å². The monoisotopic (exact) mass is 665 g/mol. The number of aromatic nitrogens is 3. The van der Waals surface area contributed by atoms with Crippen molar-refractivity contribution < 1.29 is 8.83 Å². The van der Waals surface area contributed by atoms with E-state index in [4.69, 9.17) is 23.8 Å². The quantitative estimate of drug-likeness (QED) is 0.187. The second kappa shape index (κ2) is 11.2. The van der Waals surface area contributed by atoms with Crippen molar-refractivity contribution in [2.24, 2.45) is 0 Å². The number of nitrogens with zero attached hydrogens (tertiary/aromatic N) is 3. The van der Waals surface area contributed by atoms with Crippen molar-refractivity contribution in [3.05, 3.63) is 164 Å². The number of furan rings is 2. The van der Waals surface area contributed by atoms with Crippen molar-refractivity contribution in [1.82, 2.24) is 15.0 Å². The van der Waals surface area contributed by atoms with E-state index < -0.39 is 0 Å². The van der Waals surface area contributed by atoms with Gasteiger partial charge in [-0.3, -0.25) is 0 Å². The first-order valence-corrected chi connectivity index (χ1v) is 17.4. The van der Waals surface area contributed by atoms with Crippen molar-refractivity contribution in [3.63, 3.8) is 0 Å². The molecule has 52 heavy (non-hydrogen) atoms. The van der Waals surface area contributed by atoms with Gasteiger partial charge in [0, 0.05) is 38.2 Å². The molecule has 11 aromatic rings. The van der Waals surface area contributed by atoms with Crippen LogP contribution in [0.2, 0.25) is 0 Å². The summed E-state index contributed by atoms with van der Waals surface area (Å²) in [6.07, 6.45) is 0. The van der Waals surface area contributed by atoms with Crippen LogP contribution in [0.5, 0.6) is 0 Å². The standard InChI is InChI=1S/C47H27N3O2/c1-2-13-29(14-3-1)45-48-46(50-47(49-45)37-20-11-22-39-42(37)36-18-8-9-21-38(36)51-39)35-26-25-33(31-16-6-7-17-32(31)35)34-19-10-23-40-44(34)43-30-15-5-4-12-28(30)24-27-41(43)52-40/h1-27H. The van der Waals surface area contributed by atoms with E-state index in [9.17, 15) is 0 Å². The number of hydrogen-bond acceptors (Lipinski definition) is 5. The van der Waals surface area contributed by atoms with Gasteiger partial charge in [0.05, 0.1) is 0 Å². The highest BCUT2D eigenvalue weighted by molar-refractivity contribution is 6.24. The van der Waals surface area contributed by atoms with Gasteiger partial charge in [-0.15, -0.1) is 0 Å². The number of para-hydroxylation sites is 1. The topological polar surface area (TPSA) is 65.0 Å². The lowest BCUT2D eigenvalue weighted by molar-refractivity contribution is 0.668. The lowest BCUT2D eigenvalue weighted by Gasteiger charge is -2.14. The molecule has 11 rings (SSSR count). The minimum atomic E-state index is 0.593. The van der Waals surface area contributed by atoms with E-state index in [0.29, 0.717) is 17.5 Å². The first-order valence-electron chi connectivity index (χ1n) is 17.4. The Morgan fingerprint density at radius 3 is 1.67 bits per heavy atom. The van der Waals surface area contributed by atoms with E-state index in [-0.39, 0.29) is 0 Å². The number of benzene rings is 8. The zero-order valence-electron chi connectivity index (χ0n) is 27.7. The van der Waals surface area contributed by atoms with Crippen LogP contribution in [0.3, 0.4) is 0 Å². The molecule has 5 heteroatoms. The van der Waals surface area contributed by atoms with E-state index in [1.807, 2.05) is 60.7 Å². The minimum absolute atomic E-state index is 0.593. The third kappa shape index (κ3) is 4.33. The lowest BCUT2D eigenvalue weighted by atomic mass is 9.91. The van der Waals surface area contributed by atoms with Crippen molar-refractivity contribution in [1.29, 1.82) is 0 Å². The molecule has 0 unspecified atom stereocenters. The molecule has 0 aliphatic carbocycles. The van der Waals surface area contributed by atoms with Crippen LogP contribution in [0, 0.1) is 0 Å². The predicted octanol–water partition coefficient (Wildman–Crippen LogP) is 12.6. The number of rotatable bonds is 4. The lowest BCUT2D eigenvalue weighted by Crippen LogP contribution is -2.01. The second-order valence-corrected chi connectivity index (χ2v) is 13.1. The van der Waals surface area contributed by atoms with E-state index >= 15 is 0 Å². The second-order valence-electron chi connectivity index (χ2n) is 13.1. The van der Waals surface area contributed by atoms with Crippen LogP contribution in [0.4, 0.5) is 0 Å². The van der Waals surface area contributed by atoms with E-state index in [2.05, 4.69) is 103 Å². The normalized spacial score (nSPS) is 11.8. The summed E-state index contributed by atoms with van der Waals surface area (Å²) >= 11 is 0. The van der Waals surface area contributed by atoms with Gasteiger partial charge in [-0.2, -0.15) is 0 Å². The molecule has 5 nitrogen and oxygen atoms in total. The molecule has 0 N–H and O–H groups in total. The zero-order valence-corrected chi connectivity index (χ0v) is 27.7. The highest BCUT2D eigenvalue weighted by Crippen LogP contribution is 2.44. The van der Waals surface area contributed by atoms with E-state index in [1.165, 1.54) is 10.8 Å². The SMILES string of the molecule is c1ccc(-c2nc(-c3ccc(-c4cccc5oc6ccc7ccccc7c6c45)c4ccccc34)nc(-c3cccc4oc5ccccc5c34)n2)cc1. The third-order valence-corrected chi connectivity index (χ3v) is 10.2. The Morgan fingerprint density at radius 2 is 0.846 bits per heavy atom. The molecule has 0 spiro atoms. The van der Waals surface area contributed by atoms with Crippen LogP contribution in [0.15, 0.2) is 173 Å². The average molecular weight is 666 g/mol. The Morgan fingerprint density at radius 1 is 0.288 bits per heavy atom. The molecular formula is C47H27N3O2. The summed E-state index contributed by atoms with van der Waals surface area (Å²) in [5.41, 5.74) is 8.37. The Labute approximate surface area is 297 Å². The molecule has 0 aliphatic heterocycles. The van der Waals surface area contributed by atoms with Crippen molar-refractivity contribution in [2.75, 3.05) is 0 Å². The summed E-state index contributed by atoms with van der Waals surface area (Å²) in [5, 5.41) is 8.78. The van der Waals surface area contributed by atoms with Gasteiger partial charge < -0.3 is 8.83 Å². The maximum absolute atomic E-state index is 6.46. The van der Waals surface area contributed by atoms with Gasteiger partial charge in [0.2, 0.25) is 0 Å². The first kappa shape index (κ1) is 28.7. The molecule has 0 radical (unpaired) electrons. The Bertz CT molecular complexity index is 3190. The summed E-state index contributed by atoms with van der Waals surface area (Å²) < 4.78 is 12.7. The highest BCUT2D eigenvalue weighted by atomic mass is 16.3. The third-order valence-electron chi connectivity index (χ3n) is 10.2. The number of fused-ring (bicyclic) bond motifs is 9. The largest absolute Gasteiger partial charge is 0.456 e. The molecule has 0 aliphatic rings. The molecule has 0 fully saturated rings. The predicted molar refractivity (Wildman–Crippen MR) is 211 cm³/mol. The van der Waals surface area contributed by atoms with Crippen LogP contribution in [0.1, 0.15) is 0 Å². The Hall–Kier alpha value is -7.11. The molecule has 3 aromatic heterocycles. The fourth-order valence-electron chi connectivity index (χ4n) is 7.83. The maximum Gasteiger partial charge on any atom is 0.164 e. The fraction of sp³-hybridized carbons (Fsp3) is 0. The van der Waals surface area contributed by atoms with Gasteiger partial charge in [-0.05, 0) is 63.0 Å². The number of hydrogen-bond donors (Lipinski definition) is 0. The first-order chi connectivity index (χ1) is 25.8. The van der Waals surface area contributed by atoms with Crippen LogP contribution in [-0.2, 0) is 0 Å². The smallest absolute Gasteiger partial charge is 0.164 e. The van der Waals surface area contributed by atoms with Gasteiger partial charge >= 0.3 is 0 Å². The van der Waals surface area contributed by atoms with Gasteiger partial charge in [0.15, 0.2) is 17.5 Å². The van der Waals surface area contributed by atoms with Gasteiger partial charge in [-0.25, -0.2) is 15.0 Å². The maximum atomic E-state index is 6.46. The zero-order chi connectivity index (χ0) is 34.2. The van der Waals surface area contributed by atoms with E-state index in [0.717, 1.165) is 82.5 Å². The summed E-state index contributed by atoms with van der Waals surface area (Å²) in [7, 11) is 0. The van der Waals surface area contributed by atoms with Crippen LogP contribution >= 0.6 is 0 Å². The molecule has 3 heterocycles. The summed E-state index contributed by atoms with van der Waals surface area (Å²) in [5.74, 6) is 1.81. The molecule has 0 amide bonds. The van der Waals surface area contributed by atoms with Gasteiger partial charge in [0.25, 0.3) is 0 Å². The van der Waals surface area contributed by atoms with Crippen molar-refractivity contribution >= 4 is 65.4 Å². The van der Waals surface area contributed by atoms with Crippen LogP contribution in [0.25, 0.3) is 111 Å². The van der Waals surface area contributed by atoms with Crippen LogP contribution < -0.4 is 0 Å². The van der Waals surface area contributed by atoms with Crippen molar-refractivity contribution in [3.8, 4) is 45.3 Å². The summed E-state index contributed by atoms with van der Waals surface area (Å²) in [6, 6.07) is 56.2. The van der Waals surface area contributed by atoms with Crippen LogP contribution in [-0.4, -0.2) is 15.0 Å². The fourth-order valence-corrected chi connectivity index (χ4v) is 7.83. The Kier molecular flexibility index (Phi) is 6.18. The molecular weight excluding hydrogens is 639 g/mol. The average Bonchev–Trinajstić information content (AvgIpc) is 3.80. The summed E-state index contributed by atoms with van der Waals surface area (Å²) in [6.45, 7) is 0.